The van der Waals surface area contributed by atoms with Gasteiger partial charge in [-0.05, 0) is 35.7 Å². The van der Waals surface area contributed by atoms with Crippen molar-refractivity contribution < 1.29 is 4.74 Å². The molecule has 1 aromatic carbocycles. The molecule has 0 N–H and O–H groups in total. The summed E-state index contributed by atoms with van der Waals surface area (Å²) >= 11 is 9.15. The number of halogens is 2. The molecule has 0 bridgehead atoms. The zero-order valence-corrected chi connectivity index (χ0v) is 13.1. The lowest BCUT2D eigenvalue weighted by Gasteiger charge is -2.13. The van der Waals surface area contributed by atoms with Gasteiger partial charge in [0, 0.05) is 10.5 Å². The van der Waals surface area contributed by atoms with Crippen LogP contribution in [-0.4, -0.2) is 10.2 Å². The van der Waals surface area contributed by atoms with Crippen LogP contribution in [0.15, 0.2) is 34.8 Å². The average Bonchev–Trinajstić information content (AvgIpc) is 2.41. The van der Waals surface area contributed by atoms with Crippen molar-refractivity contribution in [2.24, 2.45) is 0 Å². The van der Waals surface area contributed by atoms with E-state index in [1.807, 2.05) is 18.2 Å². The highest BCUT2D eigenvalue weighted by Gasteiger charge is 2.10. The van der Waals surface area contributed by atoms with E-state index in [4.69, 9.17) is 16.3 Å². The predicted octanol–water partition coefficient (Wildman–Crippen LogP) is 4.89. The van der Waals surface area contributed by atoms with Gasteiger partial charge in [0.25, 0.3) is 0 Å². The molecule has 0 aliphatic rings. The first-order chi connectivity index (χ1) is 9.10. The van der Waals surface area contributed by atoms with Gasteiger partial charge in [-0.2, -0.15) is 5.10 Å². The van der Waals surface area contributed by atoms with Crippen molar-refractivity contribution in [3.05, 3.63) is 46.1 Å². The van der Waals surface area contributed by atoms with Gasteiger partial charge in [-0.25, -0.2) is 0 Å². The number of alkyl halides is 1. The number of hydrogen-bond acceptors (Lipinski definition) is 3. The largest absolute Gasteiger partial charge is 0.437 e. The Bertz CT molecular complexity index is 558. The van der Waals surface area contributed by atoms with Crippen LogP contribution in [0.2, 0.25) is 0 Å². The smallest absolute Gasteiger partial charge is 0.238 e. The van der Waals surface area contributed by atoms with Gasteiger partial charge in [0.05, 0.1) is 11.6 Å². The monoisotopic (exact) mass is 340 g/mol. The zero-order valence-electron chi connectivity index (χ0n) is 10.7. The fourth-order valence-corrected chi connectivity index (χ4v) is 2.17. The molecule has 1 heterocycles. The van der Waals surface area contributed by atoms with Gasteiger partial charge in [-0.15, -0.1) is 16.7 Å². The molecule has 100 valence electrons. The highest BCUT2D eigenvalue weighted by atomic mass is 79.9. The molecule has 2 aromatic rings. The predicted molar refractivity (Wildman–Crippen MR) is 79.9 cm³/mol. The quantitative estimate of drug-likeness (QED) is 0.742. The Hall–Kier alpha value is -1.13. The van der Waals surface area contributed by atoms with Crippen molar-refractivity contribution in [3.63, 3.8) is 0 Å². The maximum atomic E-state index is 5.79. The Balaban J connectivity index is 2.26. The van der Waals surface area contributed by atoms with E-state index in [1.165, 1.54) is 0 Å². The van der Waals surface area contributed by atoms with Crippen molar-refractivity contribution in [1.29, 1.82) is 0 Å². The normalized spacial score (nSPS) is 10.8. The Kier molecular flexibility index (Phi) is 4.77. The number of benzene rings is 1. The van der Waals surface area contributed by atoms with Crippen LogP contribution in [0.25, 0.3) is 0 Å². The molecule has 1 aromatic heterocycles. The molecule has 0 amide bonds. The van der Waals surface area contributed by atoms with E-state index in [0.717, 1.165) is 21.5 Å². The first-order valence-corrected chi connectivity index (χ1v) is 7.28. The summed E-state index contributed by atoms with van der Waals surface area (Å²) in [5, 5.41) is 7.97. The van der Waals surface area contributed by atoms with Crippen LogP contribution < -0.4 is 4.74 Å². The summed E-state index contributed by atoms with van der Waals surface area (Å²) in [6.07, 6.45) is 0. The summed E-state index contributed by atoms with van der Waals surface area (Å²) in [6.45, 7) is 4.24. The SMILES string of the molecule is CC(C)c1cc(Br)ccc1Oc1ccc(CCl)nn1. The van der Waals surface area contributed by atoms with Crippen LogP contribution in [0.4, 0.5) is 0 Å². The van der Waals surface area contributed by atoms with Crippen LogP contribution in [0.3, 0.4) is 0 Å². The van der Waals surface area contributed by atoms with Crippen molar-refractivity contribution in [2.75, 3.05) is 0 Å². The lowest BCUT2D eigenvalue weighted by atomic mass is 10.0. The number of ether oxygens (including phenoxy) is 1. The lowest BCUT2D eigenvalue weighted by Crippen LogP contribution is -1.97. The van der Waals surface area contributed by atoms with E-state index >= 15 is 0 Å². The van der Waals surface area contributed by atoms with Crippen molar-refractivity contribution in [1.82, 2.24) is 10.2 Å². The molecule has 0 saturated carbocycles. The maximum Gasteiger partial charge on any atom is 0.238 e. The Morgan fingerprint density at radius 3 is 2.58 bits per heavy atom. The fourth-order valence-electron chi connectivity index (χ4n) is 1.65. The van der Waals surface area contributed by atoms with Gasteiger partial charge < -0.3 is 4.74 Å². The first kappa shape index (κ1) is 14.3. The van der Waals surface area contributed by atoms with Crippen molar-refractivity contribution in [3.8, 4) is 11.6 Å². The molecule has 5 heteroatoms. The number of aromatic nitrogens is 2. The van der Waals surface area contributed by atoms with E-state index in [2.05, 4.69) is 46.0 Å². The fraction of sp³-hybridized carbons (Fsp3) is 0.286. The third-order valence-electron chi connectivity index (χ3n) is 2.64. The molecule has 0 fully saturated rings. The van der Waals surface area contributed by atoms with Gasteiger partial charge >= 0.3 is 0 Å². The molecule has 2 rings (SSSR count). The second-order valence-electron chi connectivity index (χ2n) is 4.44. The Morgan fingerprint density at radius 1 is 1.21 bits per heavy atom. The molecule has 0 saturated heterocycles. The molecule has 3 nitrogen and oxygen atoms in total. The summed E-state index contributed by atoms with van der Waals surface area (Å²) < 4.78 is 6.82. The highest BCUT2D eigenvalue weighted by Crippen LogP contribution is 2.32. The van der Waals surface area contributed by atoms with Gasteiger partial charge in [-0.1, -0.05) is 29.8 Å². The van der Waals surface area contributed by atoms with E-state index in [9.17, 15) is 0 Å². The standard InChI is InChI=1S/C14H14BrClN2O/c1-9(2)12-7-10(15)3-5-13(12)19-14-6-4-11(8-16)17-18-14/h3-7,9H,8H2,1-2H3. The minimum atomic E-state index is 0.350. The molecule has 0 aliphatic heterocycles. The molecule has 19 heavy (non-hydrogen) atoms. The Morgan fingerprint density at radius 2 is 2.00 bits per heavy atom. The number of hydrogen-bond donors (Lipinski definition) is 0. The molecule has 0 spiro atoms. The minimum Gasteiger partial charge on any atom is -0.437 e. The second kappa shape index (κ2) is 6.35. The zero-order chi connectivity index (χ0) is 13.8. The van der Waals surface area contributed by atoms with E-state index in [-0.39, 0.29) is 0 Å². The summed E-state index contributed by atoms with van der Waals surface area (Å²) in [5.74, 6) is 1.98. The van der Waals surface area contributed by atoms with E-state index in [1.54, 1.807) is 6.07 Å². The van der Waals surface area contributed by atoms with E-state index < -0.39 is 0 Å². The number of rotatable bonds is 4. The number of nitrogens with zero attached hydrogens (tertiary/aromatic N) is 2. The molecule has 0 aliphatic carbocycles. The topological polar surface area (TPSA) is 35.0 Å². The van der Waals surface area contributed by atoms with Gasteiger partial charge in [0.15, 0.2) is 0 Å². The lowest BCUT2D eigenvalue weighted by molar-refractivity contribution is 0.446. The molecule has 0 radical (unpaired) electrons. The summed E-state index contributed by atoms with van der Waals surface area (Å²) in [7, 11) is 0. The molecular formula is C14H14BrClN2O. The van der Waals surface area contributed by atoms with Crippen molar-refractivity contribution in [2.45, 2.75) is 25.6 Å². The summed E-state index contributed by atoms with van der Waals surface area (Å²) in [6, 6.07) is 9.51. The minimum absolute atomic E-state index is 0.350. The molecule has 0 atom stereocenters. The molecular weight excluding hydrogens is 328 g/mol. The van der Waals surface area contributed by atoms with Crippen LogP contribution in [0.5, 0.6) is 11.6 Å². The highest BCUT2D eigenvalue weighted by molar-refractivity contribution is 9.10. The van der Waals surface area contributed by atoms with Crippen LogP contribution >= 0.6 is 27.5 Å². The Labute approximate surface area is 126 Å². The third-order valence-corrected chi connectivity index (χ3v) is 3.41. The van der Waals surface area contributed by atoms with Gasteiger partial charge in [0.1, 0.15) is 5.75 Å². The van der Waals surface area contributed by atoms with Crippen molar-refractivity contribution >= 4 is 27.5 Å². The maximum absolute atomic E-state index is 5.79. The van der Waals surface area contributed by atoms with Crippen LogP contribution in [-0.2, 0) is 5.88 Å². The third kappa shape index (κ3) is 3.67. The van der Waals surface area contributed by atoms with Gasteiger partial charge in [0.2, 0.25) is 5.88 Å². The van der Waals surface area contributed by atoms with E-state index in [0.29, 0.717) is 17.7 Å². The molecule has 0 unspecified atom stereocenters. The summed E-state index contributed by atoms with van der Waals surface area (Å²) in [4.78, 5) is 0. The van der Waals surface area contributed by atoms with Crippen LogP contribution in [0.1, 0.15) is 31.0 Å². The van der Waals surface area contributed by atoms with Crippen LogP contribution in [0, 0.1) is 0 Å². The summed E-state index contributed by atoms with van der Waals surface area (Å²) in [5.41, 5.74) is 1.85. The average molecular weight is 342 g/mol. The van der Waals surface area contributed by atoms with Gasteiger partial charge in [-0.3, -0.25) is 0 Å². The second-order valence-corrected chi connectivity index (χ2v) is 5.62. The first-order valence-electron chi connectivity index (χ1n) is 5.96.